The summed E-state index contributed by atoms with van der Waals surface area (Å²) in [5.74, 6) is 0. The molecule has 0 atom stereocenters. The first-order valence-electron chi connectivity index (χ1n) is 6.60. The topological polar surface area (TPSA) is 28.2 Å². The Balaban J connectivity index is 2.57. The standard InChI is InChI=1S/C13H25N3S/c1-5-7-16(8-6-2)13-15-10-12(17-13)9-14-11(3)4/h10-11,14H,5-9H2,1-4H3. The molecule has 0 aromatic carbocycles. The molecule has 0 spiro atoms. The van der Waals surface area contributed by atoms with Crippen LogP contribution in [0.15, 0.2) is 6.20 Å². The quantitative estimate of drug-likeness (QED) is 0.773. The molecule has 1 heterocycles. The minimum absolute atomic E-state index is 0.530. The number of aromatic nitrogens is 1. The Hall–Kier alpha value is -0.610. The van der Waals surface area contributed by atoms with Crippen LogP contribution in [-0.2, 0) is 6.54 Å². The highest BCUT2D eigenvalue weighted by atomic mass is 32.1. The van der Waals surface area contributed by atoms with E-state index >= 15 is 0 Å². The summed E-state index contributed by atoms with van der Waals surface area (Å²) in [7, 11) is 0. The average molecular weight is 255 g/mol. The van der Waals surface area contributed by atoms with Gasteiger partial charge in [-0.2, -0.15) is 0 Å². The molecular weight excluding hydrogens is 230 g/mol. The maximum absolute atomic E-state index is 4.54. The van der Waals surface area contributed by atoms with Gasteiger partial charge in [0.15, 0.2) is 5.13 Å². The fourth-order valence-corrected chi connectivity index (χ4v) is 2.59. The molecule has 1 N–H and O–H groups in total. The summed E-state index contributed by atoms with van der Waals surface area (Å²) in [5.41, 5.74) is 0. The first-order chi connectivity index (χ1) is 8.17. The van der Waals surface area contributed by atoms with Crippen LogP contribution in [0, 0.1) is 0 Å². The molecule has 0 aliphatic carbocycles. The summed E-state index contributed by atoms with van der Waals surface area (Å²) < 4.78 is 0. The van der Waals surface area contributed by atoms with Crippen LogP contribution in [0.25, 0.3) is 0 Å². The molecule has 1 rings (SSSR count). The van der Waals surface area contributed by atoms with Crippen LogP contribution in [0.4, 0.5) is 5.13 Å². The molecule has 0 bridgehead atoms. The van der Waals surface area contributed by atoms with E-state index in [4.69, 9.17) is 0 Å². The SMILES string of the molecule is CCCN(CCC)c1ncc(CNC(C)C)s1. The maximum atomic E-state index is 4.54. The zero-order valence-electron chi connectivity index (χ0n) is 11.5. The molecular formula is C13H25N3S. The number of rotatable bonds is 8. The Labute approximate surface area is 109 Å². The van der Waals surface area contributed by atoms with Gasteiger partial charge in [0.2, 0.25) is 0 Å². The van der Waals surface area contributed by atoms with Crippen molar-refractivity contribution in [3.63, 3.8) is 0 Å². The van der Waals surface area contributed by atoms with Gasteiger partial charge in [0.1, 0.15) is 0 Å². The molecule has 0 aliphatic heterocycles. The molecule has 1 aromatic rings. The lowest BCUT2D eigenvalue weighted by atomic mass is 10.4. The molecule has 0 aliphatic rings. The predicted molar refractivity (Wildman–Crippen MR) is 76.9 cm³/mol. The van der Waals surface area contributed by atoms with Crippen molar-refractivity contribution >= 4 is 16.5 Å². The lowest BCUT2D eigenvalue weighted by Gasteiger charge is -2.19. The van der Waals surface area contributed by atoms with Gasteiger partial charge in [0, 0.05) is 36.8 Å². The van der Waals surface area contributed by atoms with Gasteiger partial charge in [0.25, 0.3) is 0 Å². The smallest absolute Gasteiger partial charge is 0.185 e. The van der Waals surface area contributed by atoms with E-state index in [9.17, 15) is 0 Å². The van der Waals surface area contributed by atoms with Gasteiger partial charge in [-0.15, -0.1) is 11.3 Å². The van der Waals surface area contributed by atoms with E-state index in [1.165, 1.54) is 22.9 Å². The Bertz CT molecular complexity index is 303. The summed E-state index contributed by atoms with van der Waals surface area (Å²) in [6.45, 7) is 11.9. The molecule has 98 valence electrons. The van der Waals surface area contributed by atoms with Crippen molar-refractivity contribution in [1.29, 1.82) is 0 Å². The van der Waals surface area contributed by atoms with Crippen LogP contribution >= 0.6 is 11.3 Å². The van der Waals surface area contributed by atoms with Gasteiger partial charge < -0.3 is 10.2 Å². The van der Waals surface area contributed by atoms with Crippen LogP contribution in [0.1, 0.15) is 45.4 Å². The highest BCUT2D eigenvalue weighted by molar-refractivity contribution is 7.15. The average Bonchev–Trinajstić information content (AvgIpc) is 2.74. The minimum atomic E-state index is 0.530. The zero-order chi connectivity index (χ0) is 12.7. The van der Waals surface area contributed by atoms with Crippen molar-refractivity contribution < 1.29 is 0 Å². The third-order valence-corrected chi connectivity index (χ3v) is 3.54. The lowest BCUT2D eigenvalue weighted by Crippen LogP contribution is -2.24. The second kappa shape index (κ2) is 7.67. The number of hydrogen-bond donors (Lipinski definition) is 1. The predicted octanol–water partition coefficient (Wildman–Crippen LogP) is 3.27. The van der Waals surface area contributed by atoms with Crippen LogP contribution in [0.2, 0.25) is 0 Å². The molecule has 0 fully saturated rings. The number of anilines is 1. The summed E-state index contributed by atoms with van der Waals surface area (Å²) in [6, 6.07) is 0.530. The van der Waals surface area contributed by atoms with E-state index in [0.29, 0.717) is 6.04 Å². The summed E-state index contributed by atoms with van der Waals surface area (Å²) >= 11 is 1.82. The second-order valence-corrected chi connectivity index (χ2v) is 5.73. The number of hydrogen-bond acceptors (Lipinski definition) is 4. The maximum Gasteiger partial charge on any atom is 0.185 e. The van der Waals surface area contributed by atoms with E-state index in [0.717, 1.165) is 19.6 Å². The molecule has 3 nitrogen and oxygen atoms in total. The number of thiazole rings is 1. The van der Waals surface area contributed by atoms with E-state index in [2.05, 4.69) is 42.9 Å². The van der Waals surface area contributed by atoms with Gasteiger partial charge in [0.05, 0.1) is 0 Å². The molecule has 0 amide bonds. The monoisotopic (exact) mass is 255 g/mol. The van der Waals surface area contributed by atoms with Crippen molar-refractivity contribution in [2.75, 3.05) is 18.0 Å². The Morgan fingerprint density at radius 1 is 1.29 bits per heavy atom. The van der Waals surface area contributed by atoms with Gasteiger partial charge in [-0.05, 0) is 12.8 Å². The number of nitrogens with zero attached hydrogens (tertiary/aromatic N) is 2. The minimum Gasteiger partial charge on any atom is -0.348 e. The third kappa shape index (κ3) is 5.04. The van der Waals surface area contributed by atoms with Crippen LogP contribution in [0.5, 0.6) is 0 Å². The first-order valence-corrected chi connectivity index (χ1v) is 7.42. The molecule has 0 radical (unpaired) electrons. The zero-order valence-corrected chi connectivity index (χ0v) is 12.3. The Kier molecular flexibility index (Phi) is 6.52. The van der Waals surface area contributed by atoms with Gasteiger partial charge in [-0.25, -0.2) is 4.98 Å². The van der Waals surface area contributed by atoms with Gasteiger partial charge in [-0.1, -0.05) is 27.7 Å². The van der Waals surface area contributed by atoms with E-state index in [-0.39, 0.29) is 0 Å². The van der Waals surface area contributed by atoms with Crippen molar-refractivity contribution in [2.24, 2.45) is 0 Å². The van der Waals surface area contributed by atoms with E-state index < -0.39 is 0 Å². The van der Waals surface area contributed by atoms with Crippen molar-refractivity contribution in [3.8, 4) is 0 Å². The molecule has 17 heavy (non-hydrogen) atoms. The fourth-order valence-electron chi connectivity index (χ4n) is 1.67. The summed E-state index contributed by atoms with van der Waals surface area (Å²) in [5, 5.41) is 4.61. The molecule has 0 saturated carbocycles. The van der Waals surface area contributed by atoms with E-state index in [1.54, 1.807) is 0 Å². The van der Waals surface area contributed by atoms with Crippen LogP contribution in [-0.4, -0.2) is 24.1 Å². The van der Waals surface area contributed by atoms with Crippen LogP contribution in [0.3, 0.4) is 0 Å². The molecule has 0 saturated heterocycles. The van der Waals surface area contributed by atoms with E-state index in [1.807, 2.05) is 17.5 Å². The Morgan fingerprint density at radius 2 is 1.94 bits per heavy atom. The molecule has 0 unspecified atom stereocenters. The third-order valence-electron chi connectivity index (χ3n) is 2.48. The normalized spacial score (nSPS) is 11.1. The number of nitrogens with one attached hydrogen (secondary N) is 1. The van der Waals surface area contributed by atoms with Crippen molar-refractivity contribution in [3.05, 3.63) is 11.1 Å². The first kappa shape index (κ1) is 14.5. The van der Waals surface area contributed by atoms with Crippen LogP contribution < -0.4 is 10.2 Å². The highest BCUT2D eigenvalue weighted by Crippen LogP contribution is 2.22. The van der Waals surface area contributed by atoms with Crippen molar-refractivity contribution in [2.45, 2.75) is 53.1 Å². The largest absolute Gasteiger partial charge is 0.348 e. The van der Waals surface area contributed by atoms with Gasteiger partial charge >= 0.3 is 0 Å². The van der Waals surface area contributed by atoms with Gasteiger partial charge in [-0.3, -0.25) is 0 Å². The summed E-state index contributed by atoms with van der Waals surface area (Å²) in [6.07, 6.45) is 4.37. The van der Waals surface area contributed by atoms with Crippen molar-refractivity contribution in [1.82, 2.24) is 10.3 Å². The lowest BCUT2D eigenvalue weighted by molar-refractivity contribution is 0.593. The second-order valence-electron chi connectivity index (χ2n) is 4.63. The molecule has 1 aromatic heterocycles. The summed E-state index contributed by atoms with van der Waals surface area (Å²) in [4.78, 5) is 8.25. The molecule has 4 heteroatoms. The highest BCUT2D eigenvalue weighted by Gasteiger charge is 2.09. The Morgan fingerprint density at radius 3 is 2.47 bits per heavy atom. The fraction of sp³-hybridized carbons (Fsp3) is 0.769.